The van der Waals surface area contributed by atoms with E-state index in [0.29, 0.717) is 12.6 Å². The van der Waals surface area contributed by atoms with Crippen molar-refractivity contribution in [2.45, 2.75) is 38.3 Å². The Morgan fingerprint density at radius 1 is 1.39 bits per heavy atom. The number of benzene rings is 1. The molecule has 18 heavy (non-hydrogen) atoms. The van der Waals surface area contributed by atoms with Gasteiger partial charge in [-0.25, -0.2) is 0 Å². The van der Waals surface area contributed by atoms with Gasteiger partial charge in [0.15, 0.2) is 0 Å². The summed E-state index contributed by atoms with van der Waals surface area (Å²) in [7, 11) is 1.65. The van der Waals surface area contributed by atoms with Crippen LogP contribution in [0.3, 0.4) is 0 Å². The van der Waals surface area contributed by atoms with E-state index in [-0.39, 0.29) is 0 Å². The van der Waals surface area contributed by atoms with E-state index in [9.17, 15) is 5.11 Å². The van der Waals surface area contributed by atoms with Crippen LogP contribution in [0, 0.1) is 0 Å². The zero-order valence-electron chi connectivity index (χ0n) is 11.3. The van der Waals surface area contributed by atoms with Gasteiger partial charge in [-0.15, -0.1) is 0 Å². The second-order valence-electron chi connectivity index (χ2n) is 4.98. The number of methoxy groups -OCH3 is 1. The lowest BCUT2D eigenvalue weighted by atomic mass is 10.1. The summed E-state index contributed by atoms with van der Waals surface area (Å²) in [5.41, 5.74) is 0.891. The Labute approximate surface area is 109 Å². The fraction of sp³-hybridized carbons (Fsp3) is 0.600. The Morgan fingerprint density at radius 2 is 2.11 bits per heavy atom. The SMILES string of the molecule is CCCN(CC(O)c1ccccc1OC)C1CC1. The molecule has 0 radical (unpaired) electrons. The van der Waals surface area contributed by atoms with Gasteiger partial charge in [0.05, 0.1) is 13.2 Å². The van der Waals surface area contributed by atoms with E-state index in [2.05, 4.69) is 11.8 Å². The number of nitrogens with zero attached hydrogens (tertiary/aromatic N) is 1. The third-order valence-electron chi connectivity index (χ3n) is 3.48. The first-order valence-electron chi connectivity index (χ1n) is 6.81. The smallest absolute Gasteiger partial charge is 0.124 e. The van der Waals surface area contributed by atoms with Crippen LogP contribution in [0.5, 0.6) is 5.75 Å². The summed E-state index contributed by atoms with van der Waals surface area (Å²) in [5, 5.41) is 10.4. The standard InChI is InChI=1S/C15H23NO2/c1-3-10-16(12-8-9-12)11-14(17)13-6-4-5-7-15(13)18-2/h4-7,12,14,17H,3,8-11H2,1-2H3. The van der Waals surface area contributed by atoms with Gasteiger partial charge in [-0.05, 0) is 31.9 Å². The average molecular weight is 249 g/mol. The molecule has 3 heteroatoms. The Balaban J connectivity index is 2.03. The van der Waals surface area contributed by atoms with Crippen LogP contribution in [0.25, 0.3) is 0 Å². The molecule has 1 aliphatic rings. The predicted octanol–water partition coefficient (Wildman–Crippen LogP) is 2.60. The topological polar surface area (TPSA) is 32.7 Å². The van der Waals surface area contributed by atoms with Crippen LogP contribution in [0.1, 0.15) is 37.9 Å². The molecular weight excluding hydrogens is 226 g/mol. The summed E-state index contributed by atoms with van der Waals surface area (Å²) in [6, 6.07) is 8.41. The maximum atomic E-state index is 10.4. The first kappa shape index (κ1) is 13.4. The molecule has 1 unspecified atom stereocenters. The number of para-hydroxylation sites is 1. The fourth-order valence-electron chi connectivity index (χ4n) is 2.41. The van der Waals surface area contributed by atoms with Crippen molar-refractivity contribution in [3.05, 3.63) is 29.8 Å². The highest BCUT2D eigenvalue weighted by Crippen LogP contribution is 2.31. The minimum absolute atomic E-state index is 0.465. The summed E-state index contributed by atoms with van der Waals surface area (Å²) < 4.78 is 5.31. The Bertz CT molecular complexity index is 377. The zero-order valence-corrected chi connectivity index (χ0v) is 11.3. The molecule has 1 atom stereocenters. The molecule has 1 aromatic carbocycles. The van der Waals surface area contributed by atoms with E-state index in [1.54, 1.807) is 7.11 Å². The Morgan fingerprint density at radius 3 is 2.72 bits per heavy atom. The molecular formula is C15H23NO2. The molecule has 1 fully saturated rings. The Hall–Kier alpha value is -1.06. The number of ether oxygens (including phenoxy) is 1. The van der Waals surface area contributed by atoms with Gasteiger partial charge >= 0.3 is 0 Å². The molecule has 0 spiro atoms. The summed E-state index contributed by atoms with van der Waals surface area (Å²) in [5.74, 6) is 0.775. The van der Waals surface area contributed by atoms with Gasteiger partial charge in [-0.3, -0.25) is 4.90 Å². The van der Waals surface area contributed by atoms with E-state index in [1.165, 1.54) is 12.8 Å². The van der Waals surface area contributed by atoms with Gasteiger partial charge in [0, 0.05) is 18.2 Å². The zero-order chi connectivity index (χ0) is 13.0. The van der Waals surface area contributed by atoms with Crippen molar-refractivity contribution in [1.82, 2.24) is 4.90 Å². The molecule has 2 rings (SSSR count). The van der Waals surface area contributed by atoms with Crippen LogP contribution < -0.4 is 4.74 Å². The van der Waals surface area contributed by atoms with Gasteiger partial charge in [-0.2, -0.15) is 0 Å². The highest BCUT2D eigenvalue weighted by molar-refractivity contribution is 5.35. The van der Waals surface area contributed by atoms with Gasteiger partial charge in [0.2, 0.25) is 0 Å². The third-order valence-corrected chi connectivity index (χ3v) is 3.48. The lowest BCUT2D eigenvalue weighted by Crippen LogP contribution is -2.31. The summed E-state index contributed by atoms with van der Waals surface area (Å²) >= 11 is 0. The van der Waals surface area contributed by atoms with E-state index in [0.717, 1.165) is 24.3 Å². The molecule has 3 nitrogen and oxygen atoms in total. The van der Waals surface area contributed by atoms with E-state index in [4.69, 9.17) is 4.74 Å². The predicted molar refractivity (Wildman–Crippen MR) is 72.8 cm³/mol. The van der Waals surface area contributed by atoms with Crippen molar-refractivity contribution < 1.29 is 9.84 Å². The first-order chi connectivity index (χ1) is 8.76. The first-order valence-corrected chi connectivity index (χ1v) is 6.81. The lowest BCUT2D eigenvalue weighted by molar-refractivity contribution is 0.106. The molecule has 0 heterocycles. The second-order valence-corrected chi connectivity index (χ2v) is 4.98. The molecule has 1 N–H and O–H groups in total. The van der Waals surface area contributed by atoms with Crippen LogP contribution >= 0.6 is 0 Å². The molecule has 1 saturated carbocycles. The van der Waals surface area contributed by atoms with Crippen LogP contribution in [0.15, 0.2) is 24.3 Å². The quantitative estimate of drug-likeness (QED) is 0.806. The molecule has 0 amide bonds. The lowest BCUT2D eigenvalue weighted by Gasteiger charge is -2.25. The van der Waals surface area contributed by atoms with Gasteiger partial charge in [-0.1, -0.05) is 25.1 Å². The van der Waals surface area contributed by atoms with Crippen molar-refractivity contribution in [2.75, 3.05) is 20.2 Å². The number of aliphatic hydroxyl groups is 1. The molecule has 0 saturated heterocycles. The molecule has 0 aliphatic heterocycles. The highest BCUT2D eigenvalue weighted by atomic mass is 16.5. The van der Waals surface area contributed by atoms with Crippen molar-refractivity contribution in [1.29, 1.82) is 0 Å². The molecule has 1 aromatic rings. The van der Waals surface area contributed by atoms with Gasteiger partial charge in [0.1, 0.15) is 5.75 Å². The number of hydrogen-bond acceptors (Lipinski definition) is 3. The van der Waals surface area contributed by atoms with Crippen LogP contribution in [0.4, 0.5) is 0 Å². The van der Waals surface area contributed by atoms with Crippen molar-refractivity contribution in [3.8, 4) is 5.75 Å². The molecule has 1 aliphatic carbocycles. The number of hydrogen-bond donors (Lipinski definition) is 1. The molecule has 0 bridgehead atoms. The summed E-state index contributed by atoms with van der Waals surface area (Å²) in [6.45, 7) is 3.96. The van der Waals surface area contributed by atoms with Crippen molar-refractivity contribution >= 4 is 0 Å². The minimum Gasteiger partial charge on any atom is -0.496 e. The van der Waals surface area contributed by atoms with E-state index in [1.807, 2.05) is 24.3 Å². The maximum Gasteiger partial charge on any atom is 0.124 e. The van der Waals surface area contributed by atoms with Gasteiger partial charge in [0.25, 0.3) is 0 Å². The number of rotatable bonds is 7. The van der Waals surface area contributed by atoms with E-state index >= 15 is 0 Å². The maximum absolute atomic E-state index is 10.4. The van der Waals surface area contributed by atoms with Gasteiger partial charge < -0.3 is 9.84 Å². The van der Waals surface area contributed by atoms with Crippen LogP contribution in [-0.2, 0) is 0 Å². The normalized spacial score (nSPS) is 16.9. The third kappa shape index (κ3) is 3.24. The highest BCUT2D eigenvalue weighted by Gasteiger charge is 2.30. The average Bonchev–Trinajstić information content (AvgIpc) is 3.22. The van der Waals surface area contributed by atoms with Crippen molar-refractivity contribution in [3.63, 3.8) is 0 Å². The minimum atomic E-state index is -0.465. The molecule has 100 valence electrons. The Kier molecular flexibility index (Phi) is 4.61. The largest absolute Gasteiger partial charge is 0.496 e. The fourth-order valence-corrected chi connectivity index (χ4v) is 2.41. The van der Waals surface area contributed by atoms with Crippen LogP contribution in [0.2, 0.25) is 0 Å². The summed E-state index contributed by atoms with van der Waals surface area (Å²) in [4.78, 5) is 2.40. The van der Waals surface area contributed by atoms with Crippen LogP contribution in [-0.4, -0.2) is 36.2 Å². The second kappa shape index (κ2) is 6.21. The van der Waals surface area contributed by atoms with Crippen molar-refractivity contribution in [2.24, 2.45) is 0 Å². The summed E-state index contributed by atoms with van der Waals surface area (Å²) in [6.07, 6.45) is 3.22. The van der Waals surface area contributed by atoms with E-state index < -0.39 is 6.10 Å². The molecule has 0 aromatic heterocycles. The monoisotopic (exact) mass is 249 g/mol. The number of aliphatic hydroxyl groups excluding tert-OH is 1.